The predicted molar refractivity (Wildman–Crippen MR) is 61.2 cm³/mol. The van der Waals surface area contributed by atoms with E-state index in [2.05, 4.69) is 4.90 Å². The largest absolute Gasteiger partial charge is 0.330 e. The Kier molecular flexibility index (Phi) is 4.24. The van der Waals surface area contributed by atoms with Gasteiger partial charge in [0, 0.05) is 6.04 Å². The summed E-state index contributed by atoms with van der Waals surface area (Å²) in [5.41, 5.74) is 7.39. The minimum absolute atomic E-state index is 0.149. The second-order valence-electron chi connectivity index (χ2n) is 4.07. The van der Waals surface area contributed by atoms with Crippen molar-refractivity contribution < 1.29 is 4.39 Å². The van der Waals surface area contributed by atoms with Crippen molar-refractivity contribution in [3.63, 3.8) is 0 Å². The van der Waals surface area contributed by atoms with E-state index < -0.39 is 0 Å². The maximum Gasteiger partial charge on any atom is 0.126 e. The van der Waals surface area contributed by atoms with E-state index in [0.717, 1.165) is 12.0 Å². The molecule has 0 saturated carbocycles. The molecule has 0 aliphatic carbocycles. The van der Waals surface area contributed by atoms with Gasteiger partial charge in [-0.2, -0.15) is 0 Å². The van der Waals surface area contributed by atoms with E-state index in [9.17, 15) is 4.39 Å². The highest BCUT2D eigenvalue weighted by molar-refractivity contribution is 5.26. The normalized spacial score (nSPS) is 13.2. The molecule has 1 aromatic carbocycles. The molecule has 2 nitrogen and oxygen atoms in total. The fourth-order valence-electron chi connectivity index (χ4n) is 1.76. The van der Waals surface area contributed by atoms with Gasteiger partial charge >= 0.3 is 0 Å². The summed E-state index contributed by atoms with van der Waals surface area (Å²) in [6, 6.07) is 5.53. The summed E-state index contributed by atoms with van der Waals surface area (Å²) in [6.45, 7) is 2.42. The number of nitrogens with zero attached hydrogens (tertiary/aromatic N) is 1. The van der Waals surface area contributed by atoms with Crippen molar-refractivity contribution in [2.45, 2.75) is 19.4 Å². The molecule has 0 heterocycles. The molecule has 0 fully saturated rings. The Labute approximate surface area is 90.9 Å². The molecule has 1 aromatic rings. The maximum atomic E-state index is 13.1. The summed E-state index contributed by atoms with van der Waals surface area (Å²) in [7, 11) is 4.03. The molecular weight excluding hydrogens is 191 g/mol. The zero-order valence-electron chi connectivity index (χ0n) is 9.63. The molecule has 15 heavy (non-hydrogen) atoms. The monoisotopic (exact) mass is 210 g/mol. The first kappa shape index (κ1) is 12.1. The highest BCUT2D eigenvalue weighted by atomic mass is 19.1. The van der Waals surface area contributed by atoms with Gasteiger partial charge in [0.05, 0.1) is 0 Å². The van der Waals surface area contributed by atoms with Gasteiger partial charge in [-0.3, -0.25) is 0 Å². The van der Waals surface area contributed by atoms with E-state index in [1.54, 1.807) is 6.92 Å². The Morgan fingerprint density at radius 2 is 2.07 bits per heavy atom. The molecule has 1 atom stereocenters. The number of rotatable bonds is 4. The first-order valence-corrected chi connectivity index (χ1v) is 5.18. The second-order valence-corrected chi connectivity index (χ2v) is 4.07. The molecule has 0 amide bonds. The third kappa shape index (κ3) is 3.01. The highest BCUT2D eigenvalue weighted by Gasteiger charge is 2.13. The summed E-state index contributed by atoms with van der Waals surface area (Å²) < 4.78 is 13.1. The number of halogens is 1. The van der Waals surface area contributed by atoms with Crippen molar-refractivity contribution >= 4 is 0 Å². The van der Waals surface area contributed by atoms with Gasteiger partial charge in [-0.05, 0) is 51.2 Å². The Balaban J connectivity index is 2.95. The lowest BCUT2D eigenvalue weighted by Crippen LogP contribution is -2.22. The van der Waals surface area contributed by atoms with Crippen molar-refractivity contribution in [1.29, 1.82) is 0 Å². The van der Waals surface area contributed by atoms with Gasteiger partial charge in [-0.15, -0.1) is 0 Å². The van der Waals surface area contributed by atoms with Crippen LogP contribution in [0.3, 0.4) is 0 Å². The zero-order chi connectivity index (χ0) is 11.4. The standard InChI is InChI=1S/C12H19FN2/c1-9-8-10(4-5-11(9)13)12(6-7-14)15(2)3/h4-5,8,12H,6-7,14H2,1-3H3. The second kappa shape index (κ2) is 5.24. The van der Waals surface area contributed by atoms with Gasteiger partial charge in [0.15, 0.2) is 0 Å². The van der Waals surface area contributed by atoms with Crippen LogP contribution in [0.25, 0.3) is 0 Å². The lowest BCUT2D eigenvalue weighted by atomic mass is 10.0. The average Bonchev–Trinajstić information content (AvgIpc) is 2.18. The minimum atomic E-state index is -0.149. The number of benzene rings is 1. The third-order valence-corrected chi connectivity index (χ3v) is 2.63. The van der Waals surface area contributed by atoms with Crippen LogP contribution in [0.4, 0.5) is 4.39 Å². The van der Waals surface area contributed by atoms with Crippen LogP contribution in [-0.4, -0.2) is 25.5 Å². The molecule has 1 unspecified atom stereocenters. The highest BCUT2D eigenvalue weighted by Crippen LogP contribution is 2.23. The van der Waals surface area contributed by atoms with Crippen molar-refractivity contribution in [3.8, 4) is 0 Å². The van der Waals surface area contributed by atoms with Crippen LogP contribution < -0.4 is 5.73 Å². The summed E-state index contributed by atoms with van der Waals surface area (Å²) in [6.07, 6.45) is 0.887. The van der Waals surface area contributed by atoms with Crippen LogP contribution in [0, 0.1) is 12.7 Å². The Hall–Kier alpha value is -0.930. The minimum Gasteiger partial charge on any atom is -0.330 e. The van der Waals surface area contributed by atoms with E-state index in [1.165, 1.54) is 6.07 Å². The molecule has 0 spiro atoms. The van der Waals surface area contributed by atoms with Crippen LogP contribution in [0.5, 0.6) is 0 Å². The molecule has 0 radical (unpaired) electrons. The number of aryl methyl sites for hydroxylation is 1. The zero-order valence-corrected chi connectivity index (χ0v) is 9.63. The van der Waals surface area contributed by atoms with Gasteiger partial charge in [0.25, 0.3) is 0 Å². The van der Waals surface area contributed by atoms with E-state index in [4.69, 9.17) is 5.73 Å². The Morgan fingerprint density at radius 3 is 2.53 bits per heavy atom. The SMILES string of the molecule is Cc1cc(C(CCN)N(C)C)ccc1F. The molecule has 0 saturated heterocycles. The first-order chi connectivity index (χ1) is 7.06. The topological polar surface area (TPSA) is 29.3 Å². The van der Waals surface area contributed by atoms with Crippen LogP contribution >= 0.6 is 0 Å². The van der Waals surface area contributed by atoms with E-state index in [0.29, 0.717) is 12.1 Å². The molecule has 0 aliphatic heterocycles. The molecule has 0 bridgehead atoms. The van der Waals surface area contributed by atoms with Crippen LogP contribution in [0.2, 0.25) is 0 Å². The van der Waals surface area contributed by atoms with E-state index in [-0.39, 0.29) is 11.9 Å². The number of hydrogen-bond acceptors (Lipinski definition) is 2. The summed E-state index contributed by atoms with van der Waals surface area (Å²) in [5.74, 6) is -0.149. The molecule has 84 valence electrons. The van der Waals surface area contributed by atoms with Crippen LogP contribution in [0.15, 0.2) is 18.2 Å². The summed E-state index contributed by atoms with van der Waals surface area (Å²) >= 11 is 0. The summed E-state index contributed by atoms with van der Waals surface area (Å²) in [4.78, 5) is 2.11. The quantitative estimate of drug-likeness (QED) is 0.824. The van der Waals surface area contributed by atoms with Gasteiger partial charge in [-0.25, -0.2) is 4.39 Å². The molecule has 0 aromatic heterocycles. The molecule has 3 heteroatoms. The van der Waals surface area contributed by atoms with Crippen LogP contribution in [-0.2, 0) is 0 Å². The van der Waals surface area contributed by atoms with Gasteiger partial charge in [0.2, 0.25) is 0 Å². The van der Waals surface area contributed by atoms with Gasteiger partial charge < -0.3 is 10.6 Å². The molecule has 0 aliphatic rings. The van der Waals surface area contributed by atoms with Crippen molar-refractivity contribution in [3.05, 3.63) is 35.1 Å². The Bertz CT molecular complexity index is 323. The van der Waals surface area contributed by atoms with E-state index in [1.807, 2.05) is 26.2 Å². The van der Waals surface area contributed by atoms with Crippen molar-refractivity contribution in [2.24, 2.45) is 5.73 Å². The van der Waals surface area contributed by atoms with E-state index >= 15 is 0 Å². The van der Waals surface area contributed by atoms with Crippen molar-refractivity contribution in [1.82, 2.24) is 4.90 Å². The number of hydrogen-bond donors (Lipinski definition) is 1. The van der Waals surface area contributed by atoms with Crippen molar-refractivity contribution in [2.75, 3.05) is 20.6 Å². The fourth-order valence-corrected chi connectivity index (χ4v) is 1.76. The first-order valence-electron chi connectivity index (χ1n) is 5.18. The lowest BCUT2D eigenvalue weighted by molar-refractivity contribution is 0.287. The third-order valence-electron chi connectivity index (χ3n) is 2.63. The average molecular weight is 210 g/mol. The fraction of sp³-hybridized carbons (Fsp3) is 0.500. The van der Waals surface area contributed by atoms with Gasteiger partial charge in [-0.1, -0.05) is 12.1 Å². The molecule has 1 rings (SSSR count). The summed E-state index contributed by atoms with van der Waals surface area (Å²) in [5, 5.41) is 0. The molecular formula is C12H19FN2. The Morgan fingerprint density at radius 1 is 1.40 bits per heavy atom. The molecule has 2 N–H and O–H groups in total. The smallest absolute Gasteiger partial charge is 0.126 e. The number of nitrogens with two attached hydrogens (primary N) is 1. The van der Waals surface area contributed by atoms with Gasteiger partial charge in [0.1, 0.15) is 5.82 Å². The van der Waals surface area contributed by atoms with Crippen LogP contribution in [0.1, 0.15) is 23.6 Å². The lowest BCUT2D eigenvalue weighted by Gasteiger charge is -2.24. The predicted octanol–water partition coefficient (Wildman–Crippen LogP) is 2.09. The maximum absolute atomic E-state index is 13.1.